The monoisotopic (exact) mass is 356 g/mol. The van der Waals surface area contributed by atoms with Crippen molar-refractivity contribution in [1.29, 1.82) is 0 Å². The van der Waals surface area contributed by atoms with E-state index >= 15 is 0 Å². The fourth-order valence-electron chi connectivity index (χ4n) is 2.80. The third-order valence-electron chi connectivity index (χ3n) is 4.19. The molecule has 1 aromatic carbocycles. The summed E-state index contributed by atoms with van der Waals surface area (Å²) in [6.07, 6.45) is 4.90. The van der Waals surface area contributed by atoms with Crippen LogP contribution in [0.5, 0.6) is 0 Å². The van der Waals surface area contributed by atoms with Crippen molar-refractivity contribution in [2.75, 3.05) is 11.1 Å². The van der Waals surface area contributed by atoms with Gasteiger partial charge in [0.25, 0.3) is 0 Å². The maximum atomic E-state index is 13.5. The Morgan fingerprint density at radius 2 is 2.15 bits per heavy atom. The summed E-state index contributed by atoms with van der Waals surface area (Å²) in [5.74, 6) is 1.64. The van der Waals surface area contributed by atoms with Gasteiger partial charge in [0.15, 0.2) is 5.17 Å². The maximum absolute atomic E-state index is 13.5. The first-order chi connectivity index (χ1) is 9.56. The summed E-state index contributed by atoms with van der Waals surface area (Å²) in [4.78, 5) is 4.90. The minimum Gasteiger partial charge on any atom is -0.335 e. The molecule has 20 heavy (non-hydrogen) atoms. The van der Waals surface area contributed by atoms with Gasteiger partial charge in [0.2, 0.25) is 0 Å². The number of nitrogens with one attached hydrogen (secondary N) is 1. The number of nitrogens with zero attached hydrogens (tertiary/aromatic N) is 1. The molecule has 0 bridgehead atoms. The first kappa shape index (κ1) is 14.4. The number of rotatable bonds is 1. The standard InChI is InChI=1S/C15H18BrFN2S/c1-10-4-6-15(7-5-10)9-20-14(19-15)18-11-2-3-12(16)13(17)8-11/h2-3,8,10H,4-7,9H2,1H3,(H,18,19). The quantitative estimate of drug-likeness (QED) is 0.760. The van der Waals surface area contributed by atoms with E-state index in [1.165, 1.54) is 31.7 Å². The average molecular weight is 357 g/mol. The van der Waals surface area contributed by atoms with Crippen LogP contribution in [0.2, 0.25) is 0 Å². The zero-order chi connectivity index (χ0) is 14.2. The molecule has 0 saturated heterocycles. The average Bonchev–Trinajstić information content (AvgIpc) is 2.81. The van der Waals surface area contributed by atoms with Gasteiger partial charge in [-0.15, -0.1) is 0 Å². The second kappa shape index (κ2) is 5.68. The lowest BCUT2D eigenvalue weighted by Crippen LogP contribution is -2.32. The van der Waals surface area contributed by atoms with E-state index < -0.39 is 0 Å². The molecule has 5 heteroatoms. The summed E-state index contributed by atoms with van der Waals surface area (Å²) in [5, 5.41) is 4.18. The molecule has 1 spiro atoms. The number of amidine groups is 1. The molecule has 1 aliphatic heterocycles. The Morgan fingerprint density at radius 1 is 1.40 bits per heavy atom. The molecule has 0 amide bonds. The molecule has 1 saturated carbocycles. The van der Waals surface area contributed by atoms with E-state index in [0.29, 0.717) is 4.47 Å². The van der Waals surface area contributed by atoms with Gasteiger partial charge in [-0.3, -0.25) is 4.99 Å². The fraction of sp³-hybridized carbons (Fsp3) is 0.533. The summed E-state index contributed by atoms with van der Waals surface area (Å²) in [6.45, 7) is 2.32. The molecule has 0 atom stereocenters. The van der Waals surface area contributed by atoms with Crippen LogP contribution in [-0.2, 0) is 0 Å². The van der Waals surface area contributed by atoms with E-state index in [-0.39, 0.29) is 11.4 Å². The third-order valence-corrected chi connectivity index (χ3v) is 5.98. The smallest absolute Gasteiger partial charge is 0.161 e. The molecule has 0 aromatic heterocycles. The van der Waals surface area contributed by atoms with Crippen molar-refractivity contribution in [2.45, 2.75) is 38.1 Å². The molecular weight excluding hydrogens is 339 g/mol. The first-order valence-corrected chi connectivity index (χ1v) is 8.79. The highest BCUT2D eigenvalue weighted by Gasteiger charge is 2.38. The zero-order valence-electron chi connectivity index (χ0n) is 11.5. The van der Waals surface area contributed by atoms with Gasteiger partial charge in [-0.25, -0.2) is 4.39 Å². The topological polar surface area (TPSA) is 24.4 Å². The van der Waals surface area contributed by atoms with Gasteiger partial charge in [-0.2, -0.15) is 0 Å². The number of hydrogen-bond acceptors (Lipinski definition) is 3. The Labute approximate surface area is 131 Å². The zero-order valence-corrected chi connectivity index (χ0v) is 13.9. The van der Waals surface area contributed by atoms with E-state index in [4.69, 9.17) is 4.99 Å². The lowest BCUT2D eigenvalue weighted by molar-refractivity contribution is 0.273. The molecule has 3 rings (SSSR count). The van der Waals surface area contributed by atoms with Crippen LogP contribution < -0.4 is 5.32 Å². The highest BCUT2D eigenvalue weighted by atomic mass is 79.9. The van der Waals surface area contributed by atoms with Crippen molar-refractivity contribution in [1.82, 2.24) is 0 Å². The third kappa shape index (κ3) is 3.03. The predicted octanol–water partition coefficient (Wildman–Crippen LogP) is 5.05. The maximum Gasteiger partial charge on any atom is 0.161 e. The fourth-order valence-corrected chi connectivity index (χ4v) is 4.25. The molecule has 108 valence electrons. The second-order valence-corrected chi connectivity index (χ2v) is 7.68. The van der Waals surface area contributed by atoms with E-state index in [1.54, 1.807) is 17.8 Å². The van der Waals surface area contributed by atoms with Gasteiger partial charge < -0.3 is 5.32 Å². The predicted molar refractivity (Wildman–Crippen MR) is 88.0 cm³/mol. The van der Waals surface area contributed by atoms with Crippen molar-refractivity contribution in [3.8, 4) is 0 Å². The number of aliphatic imine (C=N–C) groups is 1. The second-order valence-electron chi connectivity index (χ2n) is 5.87. The van der Waals surface area contributed by atoms with Crippen LogP contribution in [0.25, 0.3) is 0 Å². The largest absolute Gasteiger partial charge is 0.335 e. The Balaban J connectivity index is 1.71. The number of anilines is 1. The summed E-state index contributed by atoms with van der Waals surface area (Å²) < 4.78 is 14.0. The molecule has 1 heterocycles. The lowest BCUT2D eigenvalue weighted by atomic mass is 9.79. The van der Waals surface area contributed by atoms with Crippen molar-refractivity contribution in [2.24, 2.45) is 10.9 Å². The number of benzene rings is 1. The number of halogens is 2. The van der Waals surface area contributed by atoms with Crippen molar-refractivity contribution >= 4 is 38.5 Å². The molecule has 1 aliphatic carbocycles. The first-order valence-electron chi connectivity index (χ1n) is 7.01. The Morgan fingerprint density at radius 3 is 2.85 bits per heavy atom. The lowest BCUT2D eigenvalue weighted by Gasteiger charge is -2.32. The molecular formula is C15H18BrFN2S. The molecule has 0 unspecified atom stereocenters. The van der Waals surface area contributed by atoms with Crippen molar-refractivity contribution < 1.29 is 4.39 Å². The summed E-state index contributed by atoms with van der Waals surface area (Å²) in [5.41, 5.74) is 0.895. The van der Waals surface area contributed by atoms with E-state index in [9.17, 15) is 4.39 Å². The van der Waals surface area contributed by atoms with Crippen LogP contribution in [0.3, 0.4) is 0 Å². The van der Waals surface area contributed by atoms with E-state index in [0.717, 1.165) is 22.5 Å². The normalized spacial score (nSPS) is 29.6. The van der Waals surface area contributed by atoms with Gasteiger partial charge in [-0.1, -0.05) is 18.7 Å². The van der Waals surface area contributed by atoms with Crippen LogP contribution in [0.4, 0.5) is 10.1 Å². The van der Waals surface area contributed by atoms with Crippen LogP contribution >= 0.6 is 27.7 Å². The van der Waals surface area contributed by atoms with Crippen molar-refractivity contribution in [3.05, 3.63) is 28.5 Å². The molecule has 1 fully saturated rings. The minimum absolute atomic E-state index is 0.132. The molecule has 1 N–H and O–H groups in total. The molecule has 2 aliphatic rings. The SMILES string of the molecule is CC1CCC2(CC1)CSC(Nc1ccc(Br)c(F)c1)=N2. The van der Waals surface area contributed by atoms with E-state index in [2.05, 4.69) is 28.2 Å². The van der Waals surface area contributed by atoms with E-state index in [1.807, 2.05) is 6.07 Å². The molecule has 1 aromatic rings. The van der Waals surface area contributed by atoms with Crippen LogP contribution in [0.1, 0.15) is 32.6 Å². The van der Waals surface area contributed by atoms with Crippen molar-refractivity contribution in [3.63, 3.8) is 0 Å². The molecule has 0 radical (unpaired) electrons. The van der Waals surface area contributed by atoms with Crippen LogP contribution in [0.15, 0.2) is 27.7 Å². The van der Waals surface area contributed by atoms with Gasteiger partial charge in [0.05, 0.1) is 10.0 Å². The Hall–Kier alpha value is -0.550. The van der Waals surface area contributed by atoms with Gasteiger partial charge >= 0.3 is 0 Å². The summed E-state index contributed by atoms with van der Waals surface area (Å²) in [6, 6.07) is 5.08. The highest BCUT2D eigenvalue weighted by Crippen LogP contribution is 2.41. The highest BCUT2D eigenvalue weighted by molar-refractivity contribution is 9.10. The van der Waals surface area contributed by atoms with Gasteiger partial charge in [0.1, 0.15) is 5.82 Å². The van der Waals surface area contributed by atoms with Crippen LogP contribution in [0, 0.1) is 11.7 Å². The molecule has 2 nitrogen and oxygen atoms in total. The summed E-state index contributed by atoms with van der Waals surface area (Å²) >= 11 is 4.93. The van der Waals surface area contributed by atoms with Gasteiger partial charge in [-0.05, 0) is 65.7 Å². The Bertz CT molecular complexity index is 539. The Kier molecular flexibility index (Phi) is 4.09. The number of hydrogen-bond donors (Lipinski definition) is 1. The van der Waals surface area contributed by atoms with Crippen LogP contribution in [-0.4, -0.2) is 16.5 Å². The van der Waals surface area contributed by atoms with Gasteiger partial charge in [0, 0.05) is 11.4 Å². The minimum atomic E-state index is -0.250. The summed E-state index contributed by atoms with van der Waals surface area (Å²) in [7, 11) is 0. The number of thioether (sulfide) groups is 1.